The molecule has 0 radical (unpaired) electrons. The van der Waals surface area contributed by atoms with Gasteiger partial charge in [0.15, 0.2) is 0 Å². The first-order valence-corrected chi connectivity index (χ1v) is 8.78. The Balaban J connectivity index is 2.04. The van der Waals surface area contributed by atoms with E-state index in [9.17, 15) is 13.5 Å². The van der Waals surface area contributed by atoms with Gasteiger partial charge in [0.25, 0.3) is 10.2 Å². The number of aliphatic hydroxyl groups is 1. The quantitative estimate of drug-likeness (QED) is 0.825. The summed E-state index contributed by atoms with van der Waals surface area (Å²) in [6.07, 6.45) is 3.88. The highest BCUT2D eigenvalue weighted by molar-refractivity contribution is 7.86. The average molecular weight is 306 g/mol. The van der Waals surface area contributed by atoms with Crippen molar-refractivity contribution in [3.8, 4) is 0 Å². The first-order valence-electron chi connectivity index (χ1n) is 7.38. The van der Waals surface area contributed by atoms with Crippen molar-refractivity contribution in [2.24, 2.45) is 0 Å². The van der Waals surface area contributed by atoms with E-state index in [1.165, 1.54) is 4.31 Å². The SMILES string of the molecule is CC1CCCCN1S(=O)(=O)N(C)CC1(O)CCOCC1. The minimum Gasteiger partial charge on any atom is -0.388 e. The molecule has 0 spiro atoms. The maximum Gasteiger partial charge on any atom is 0.282 e. The number of nitrogens with zero attached hydrogens (tertiary/aromatic N) is 2. The van der Waals surface area contributed by atoms with E-state index in [1.54, 1.807) is 11.4 Å². The lowest BCUT2D eigenvalue weighted by Gasteiger charge is -2.39. The summed E-state index contributed by atoms with van der Waals surface area (Å²) >= 11 is 0. The normalized spacial score (nSPS) is 28.7. The van der Waals surface area contributed by atoms with Crippen molar-refractivity contribution < 1.29 is 18.3 Å². The molecule has 2 heterocycles. The van der Waals surface area contributed by atoms with Crippen LogP contribution in [0.4, 0.5) is 0 Å². The Morgan fingerprint density at radius 1 is 1.35 bits per heavy atom. The maximum atomic E-state index is 12.6. The zero-order valence-electron chi connectivity index (χ0n) is 12.4. The minimum atomic E-state index is -3.48. The summed E-state index contributed by atoms with van der Waals surface area (Å²) in [5.41, 5.74) is -0.959. The van der Waals surface area contributed by atoms with Crippen molar-refractivity contribution in [3.63, 3.8) is 0 Å². The Morgan fingerprint density at radius 2 is 2.00 bits per heavy atom. The number of likely N-dealkylation sites (N-methyl/N-ethyl adjacent to an activating group) is 1. The minimum absolute atomic E-state index is 0.0422. The molecule has 2 rings (SSSR count). The van der Waals surface area contributed by atoms with E-state index in [0.717, 1.165) is 19.3 Å². The summed E-state index contributed by atoms with van der Waals surface area (Å²) in [6.45, 7) is 3.65. The highest BCUT2D eigenvalue weighted by atomic mass is 32.2. The first-order chi connectivity index (χ1) is 9.35. The lowest BCUT2D eigenvalue weighted by atomic mass is 9.95. The van der Waals surface area contributed by atoms with Gasteiger partial charge in [-0.05, 0) is 19.8 Å². The number of rotatable bonds is 4. The molecule has 0 amide bonds. The summed E-state index contributed by atoms with van der Waals surface area (Å²) in [7, 11) is -1.92. The van der Waals surface area contributed by atoms with Crippen LogP contribution in [0.25, 0.3) is 0 Å². The monoisotopic (exact) mass is 306 g/mol. The van der Waals surface area contributed by atoms with Crippen molar-refractivity contribution in [2.45, 2.75) is 50.7 Å². The van der Waals surface area contributed by atoms with Crippen LogP contribution in [0.2, 0.25) is 0 Å². The van der Waals surface area contributed by atoms with Gasteiger partial charge < -0.3 is 9.84 Å². The average Bonchev–Trinajstić information content (AvgIpc) is 2.39. The van der Waals surface area contributed by atoms with E-state index >= 15 is 0 Å². The summed E-state index contributed by atoms with van der Waals surface area (Å²) in [5, 5.41) is 10.5. The predicted octanol–water partition coefficient (Wildman–Crippen LogP) is 0.579. The maximum absolute atomic E-state index is 12.6. The molecule has 0 aromatic rings. The lowest BCUT2D eigenvalue weighted by Crippen LogP contribution is -2.53. The van der Waals surface area contributed by atoms with E-state index in [1.807, 2.05) is 6.92 Å². The van der Waals surface area contributed by atoms with E-state index in [-0.39, 0.29) is 12.6 Å². The molecule has 1 N–H and O–H groups in total. The Labute approximate surface area is 121 Å². The van der Waals surface area contributed by atoms with E-state index in [2.05, 4.69) is 0 Å². The second-order valence-corrected chi connectivity index (χ2v) is 8.04. The lowest BCUT2D eigenvalue weighted by molar-refractivity contribution is -0.0695. The third-order valence-electron chi connectivity index (χ3n) is 4.37. The molecule has 1 unspecified atom stereocenters. The fourth-order valence-electron chi connectivity index (χ4n) is 3.00. The molecule has 2 aliphatic heterocycles. The third kappa shape index (κ3) is 3.51. The second kappa shape index (κ2) is 6.27. The smallest absolute Gasteiger partial charge is 0.282 e. The van der Waals surface area contributed by atoms with Gasteiger partial charge in [0, 0.05) is 52.2 Å². The molecule has 0 aliphatic carbocycles. The Kier molecular flexibility index (Phi) is 5.07. The van der Waals surface area contributed by atoms with Crippen LogP contribution in [0.15, 0.2) is 0 Å². The van der Waals surface area contributed by atoms with Gasteiger partial charge in [-0.1, -0.05) is 6.42 Å². The van der Waals surface area contributed by atoms with E-state index in [0.29, 0.717) is 32.6 Å². The Bertz CT molecular complexity index is 420. The second-order valence-electron chi connectivity index (χ2n) is 6.06. The van der Waals surface area contributed by atoms with Gasteiger partial charge >= 0.3 is 0 Å². The fraction of sp³-hybridized carbons (Fsp3) is 1.00. The number of hydrogen-bond donors (Lipinski definition) is 1. The molecule has 118 valence electrons. The summed E-state index contributed by atoms with van der Waals surface area (Å²) < 4.78 is 33.3. The third-order valence-corrected chi connectivity index (χ3v) is 6.42. The van der Waals surface area contributed by atoms with Crippen molar-refractivity contribution in [1.29, 1.82) is 0 Å². The van der Waals surface area contributed by atoms with Crippen LogP contribution in [0.3, 0.4) is 0 Å². The van der Waals surface area contributed by atoms with Crippen LogP contribution in [0.1, 0.15) is 39.0 Å². The molecular formula is C13H26N2O4S. The molecule has 0 saturated carbocycles. The van der Waals surface area contributed by atoms with Crippen molar-refractivity contribution >= 4 is 10.2 Å². The van der Waals surface area contributed by atoms with Crippen LogP contribution in [0, 0.1) is 0 Å². The molecule has 0 aromatic carbocycles. The molecular weight excluding hydrogens is 280 g/mol. The highest BCUT2D eigenvalue weighted by Gasteiger charge is 2.38. The summed E-state index contributed by atoms with van der Waals surface area (Å²) in [6, 6.07) is 0.0422. The molecule has 2 saturated heterocycles. The number of piperidine rings is 1. The van der Waals surface area contributed by atoms with Gasteiger partial charge in [-0.2, -0.15) is 17.0 Å². The largest absolute Gasteiger partial charge is 0.388 e. The fourth-order valence-corrected chi connectivity index (χ4v) is 4.68. The molecule has 0 aromatic heterocycles. The molecule has 0 bridgehead atoms. The molecule has 7 heteroatoms. The van der Waals surface area contributed by atoms with Crippen LogP contribution >= 0.6 is 0 Å². The summed E-state index contributed by atoms with van der Waals surface area (Å²) in [4.78, 5) is 0. The van der Waals surface area contributed by atoms with Gasteiger partial charge in [-0.3, -0.25) is 0 Å². The van der Waals surface area contributed by atoms with Crippen LogP contribution in [-0.2, 0) is 14.9 Å². The van der Waals surface area contributed by atoms with Crippen molar-refractivity contribution in [3.05, 3.63) is 0 Å². The molecule has 20 heavy (non-hydrogen) atoms. The predicted molar refractivity (Wildman–Crippen MR) is 76.6 cm³/mol. The topological polar surface area (TPSA) is 70.1 Å². The molecule has 6 nitrogen and oxygen atoms in total. The standard InChI is InChI=1S/C13H26N2O4S/c1-12-5-3-4-8-15(12)20(17,18)14(2)11-13(16)6-9-19-10-7-13/h12,16H,3-11H2,1-2H3. The van der Waals surface area contributed by atoms with Crippen LogP contribution in [0.5, 0.6) is 0 Å². The van der Waals surface area contributed by atoms with Gasteiger partial charge in [-0.25, -0.2) is 0 Å². The van der Waals surface area contributed by atoms with Gasteiger partial charge in [0.2, 0.25) is 0 Å². The van der Waals surface area contributed by atoms with Gasteiger partial charge in [0.05, 0.1) is 5.60 Å². The van der Waals surface area contributed by atoms with Crippen LogP contribution < -0.4 is 0 Å². The molecule has 1 atom stereocenters. The Hall–Kier alpha value is -0.210. The Morgan fingerprint density at radius 3 is 2.60 bits per heavy atom. The van der Waals surface area contributed by atoms with Crippen molar-refractivity contribution in [2.75, 3.05) is 33.4 Å². The zero-order chi connectivity index (χ0) is 14.8. The van der Waals surface area contributed by atoms with Gasteiger partial charge in [0.1, 0.15) is 0 Å². The zero-order valence-corrected chi connectivity index (χ0v) is 13.2. The van der Waals surface area contributed by atoms with Crippen LogP contribution in [-0.4, -0.2) is 67.1 Å². The molecule has 2 fully saturated rings. The first kappa shape index (κ1) is 16.2. The summed E-state index contributed by atoms with van der Waals surface area (Å²) in [5.74, 6) is 0. The molecule has 2 aliphatic rings. The number of hydrogen-bond acceptors (Lipinski definition) is 4. The van der Waals surface area contributed by atoms with E-state index in [4.69, 9.17) is 4.74 Å². The van der Waals surface area contributed by atoms with Gasteiger partial charge in [-0.15, -0.1) is 0 Å². The van der Waals surface area contributed by atoms with E-state index < -0.39 is 15.8 Å². The van der Waals surface area contributed by atoms with Crippen molar-refractivity contribution in [1.82, 2.24) is 8.61 Å². The number of ether oxygens (including phenoxy) is 1. The highest BCUT2D eigenvalue weighted by Crippen LogP contribution is 2.26.